The Morgan fingerprint density at radius 2 is 2.16 bits per heavy atom. The summed E-state index contributed by atoms with van der Waals surface area (Å²) in [6.45, 7) is 8.29. The highest BCUT2D eigenvalue weighted by atomic mass is 16.1. The molecule has 6 nitrogen and oxygen atoms in total. The van der Waals surface area contributed by atoms with Crippen LogP contribution in [0, 0.1) is 13.8 Å². The Labute approximate surface area is 149 Å². The maximum atomic E-state index is 11.0. The van der Waals surface area contributed by atoms with Gasteiger partial charge in [0.15, 0.2) is 0 Å². The average molecular weight is 341 g/mol. The van der Waals surface area contributed by atoms with E-state index in [4.69, 9.17) is 0 Å². The van der Waals surface area contributed by atoms with E-state index in [9.17, 15) is 4.79 Å². The van der Waals surface area contributed by atoms with Gasteiger partial charge in [-0.25, -0.2) is 0 Å². The van der Waals surface area contributed by atoms with E-state index in [0.29, 0.717) is 12.6 Å². The lowest BCUT2D eigenvalue weighted by molar-refractivity contribution is -0.119. The second-order valence-corrected chi connectivity index (χ2v) is 6.90. The molecule has 1 amide bonds. The fourth-order valence-electron chi connectivity index (χ4n) is 3.56. The van der Waals surface area contributed by atoms with Gasteiger partial charge in [-0.2, -0.15) is 5.10 Å². The maximum absolute atomic E-state index is 11.0. The lowest BCUT2D eigenvalue weighted by Gasteiger charge is -2.24. The Balaban J connectivity index is 1.72. The molecule has 3 rings (SSSR count). The Morgan fingerprint density at radius 1 is 1.36 bits per heavy atom. The first kappa shape index (κ1) is 17.6. The number of aryl methyl sites for hydroxylation is 2. The largest absolute Gasteiger partial charge is 0.352 e. The summed E-state index contributed by atoms with van der Waals surface area (Å²) in [4.78, 5) is 18.2. The SMILES string of the molecule is CC(=O)NCc1ccc([C@H]2CCCN2Cc2c(C)nn(C)c2C)nc1. The van der Waals surface area contributed by atoms with Gasteiger partial charge in [-0.1, -0.05) is 6.07 Å². The Bertz CT molecular complexity index is 750. The van der Waals surface area contributed by atoms with Crippen LogP contribution >= 0.6 is 0 Å². The van der Waals surface area contributed by atoms with Gasteiger partial charge < -0.3 is 5.32 Å². The van der Waals surface area contributed by atoms with Crippen LogP contribution in [0.15, 0.2) is 18.3 Å². The van der Waals surface area contributed by atoms with E-state index in [0.717, 1.165) is 36.5 Å². The number of amides is 1. The predicted molar refractivity (Wildman–Crippen MR) is 96.8 cm³/mol. The van der Waals surface area contributed by atoms with Crippen LogP contribution in [-0.2, 0) is 24.9 Å². The second-order valence-electron chi connectivity index (χ2n) is 6.90. The molecule has 0 aromatic carbocycles. The smallest absolute Gasteiger partial charge is 0.217 e. The van der Waals surface area contributed by atoms with Gasteiger partial charge in [0.1, 0.15) is 0 Å². The molecule has 0 saturated carbocycles. The van der Waals surface area contributed by atoms with Crippen molar-refractivity contribution in [1.29, 1.82) is 0 Å². The molecule has 0 aliphatic carbocycles. The third-order valence-corrected chi connectivity index (χ3v) is 5.11. The Kier molecular flexibility index (Phi) is 5.18. The molecule has 2 aromatic heterocycles. The number of rotatable bonds is 5. The third-order valence-electron chi connectivity index (χ3n) is 5.11. The normalized spacial score (nSPS) is 17.8. The molecule has 0 spiro atoms. The quantitative estimate of drug-likeness (QED) is 0.907. The average Bonchev–Trinajstić information content (AvgIpc) is 3.14. The zero-order valence-electron chi connectivity index (χ0n) is 15.5. The van der Waals surface area contributed by atoms with Gasteiger partial charge in [0.2, 0.25) is 5.91 Å². The zero-order valence-corrected chi connectivity index (χ0v) is 15.5. The highest BCUT2D eigenvalue weighted by Crippen LogP contribution is 2.33. The van der Waals surface area contributed by atoms with E-state index in [-0.39, 0.29) is 5.91 Å². The van der Waals surface area contributed by atoms with E-state index in [1.807, 2.05) is 17.9 Å². The molecule has 25 heavy (non-hydrogen) atoms. The van der Waals surface area contributed by atoms with Crippen molar-refractivity contribution in [2.45, 2.75) is 52.7 Å². The molecule has 1 saturated heterocycles. The van der Waals surface area contributed by atoms with Crippen LogP contribution in [0.4, 0.5) is 0 Å². The van der Waals surface area contributed by atoms with Crippen molar-refractivity contribution in [3.05, 3.63) is 46.5 Å². The topological polar surface area (TPSA) is 63.1 Å². The van der Waals surface area contributed by atoms with E-state index in [1.165, 1.54) is 24.6 Å². The first-order chi connectivity index (χ1) is 12.0. The van der Waals surface area contributed by atoms with Crippen molar-refractivity contribution in [2.24, 2.45) is 7.05 Å². The van der Waals surface area contributed by atoms with E-state index in [1.54, 1.807) is 0 Å². The summed E-state index contributed by atoms with van der Waals surface area (Å²) < 4.78 is 1.96. The first-order valence-electron chi connectivity index (χ1n) is 8.88. The Hall–Kier alpha value is -2.21. The highest BCUT2D eigenvalue weighted by molar-refractivity contribution is 5.72. The molecule has 3 heterocycles. The van der Waals surface area contributed by atoms with Crippen LogP contribution < -0.4 is 5.32 Å². The van der Waals surface area contributed by atoms with Crippen LogP contribution in [0.1, 0.15) is 54.0 Å². The summed E-state index contributed by atoms with van der Waals surface area (Å²) in [6, 6.07) is 4.52. The maximum Gasteiger partial charge on any atom is 0.217 e. The van der Waals surface area contributed by atoms with Gasteiger partial charge in [-0.3, -0.25) is 19.4 Å². The number of carbonyl (C=O) groups is 1. The van der Waals surface area contributed by atoms with E-state index < -0.39 is 0 Å². The van der Waals surface area contributed by atoms with Crippen LogP contribution in [0.2, 0.25) is 0 Å². The van der Waals surface area contributed by atoms with Gasteiger partial charge in [0, 0.05) is 44.5 Å². The van der Waals surface area contributed by atoms with Crippen molar-refractivity contribution in [3.63, 3.8) is 0 Å². The number of aromatic nitrogens is 3. The van der Waals surface area contributed by atoms with Crippen molar-refractivity contribution >= 4 is 5.91 Å². The molecule has 1 aliphatic rings. The monoisotopic (exact) mass is 341 g/mol. The van der Waals surface area contributed by atoms with E-state index >= 15 is 0 Å². The van der Waals surface area contributed by atoms with Crippen LogP contribution in [0.25, 0.3) is 0 Å². The standard InChI is InChI=1S/C19H27N5O/c1-13-17(14(2)23(4)22-13)12-24-9-5-6-19(24)18-8-7-16(11-21-18)10-20-15(3)25/h7-8,11,19H,5-6,9-10,12H2,1-4H3,(H,20,25)/t19-/m1/s1. The summed E-state index contributed by atoms with van der Waals surface area (Å²) in [5, 5.41) is 7.35. The molecule has 0 radical (unpaired) electrons. The highest BCUT2D eigenvalue weighted by Gasteiger charge is 2.28. The van der Waals surface area contributed by atoms with Gasteiger partial charge >= 0.3 is 0 Å². The molecule has 1 N–H and O–H groups in total. The van der Waals surface area contributed by atoms with Gasteiger partial charge in [0.05, 0.1) is 17.4 Å². The third kappa shape index (κ3) is 3.90. The van der Waals surface area contributed by atoms with Crippen molar-refractivity contribution < 1.29 is 4.79 Å². The number of pyridine rings is 1. The summed E-state index contributed by atoms with van der Waals surface area (Å²) in [5.41, 5.74) is 5.83. The van der Waals surface area contributed by atoms with Crippen molar-refractivity contribution in [1.82, 2.24) is 25.0 Å². The zero-order chi connectivity index (χ0) is 18.0. The second kappa shape index (κ2) is 7.35. The number of nitrogens with one attached hydrogen (secondary N) is 1. The molecule has 6 heteroatoms. The number of nitrogens with zero attached hydrogens (tertiary/aromatic N) is 4. The fraction of sp³-hybridized carbons (Fsp3) is 0.526. The first-order valence-corrected chi connectivity index (χ1v) is 8.88. The molecule has 0 unspecified atom stereocenters. The summed E-state index contributed by atoms with van der Waals surface area (Å²) in [5.74, 6) is -0.0201. The van der Waals surface area contributed by atoms with E-state index in [2.05, 4.69) is 46.3 Å². The van der Waals surface area contributed by atoms with Crippen LogP contribution in [0.5, 0.6) is 0 Å². The molecule has 1 atom stereocenters. The fourth-order valence-corrected chi connectivity index (χ4v) is 3.56. The van der Waals surface area contributed by atoms with Crippen LogP contribution in [-0.4, -0.2) is 32.1 Å². The molecular weight excluding hydrogens is 314 g/mol. The molecule has 1 fully saturated rings. The number of carbonyl (C=O) groups excluding carboxylic acids is 1. The molecule has 2 aromatic rings. The summed E-state index contributed by atoms with van der Waals surface area (Å²) >= 11 is 0. The number of hydrogen-bond acceptors (Lipinski definition) is 4. The number of hydrogen-bond donors (Lipinski definition) is 1. The van der Waals surface area contributed by atoms with Crippen molar-refractivity contribution in [2.75, 3.05) is 6.54 Å². The minimum atomic E-state index is -0.0201. The van der Waals surface area contributed by atoms with Gasteiger partial charge in [-0.05, 0) is 44.9 Å². The minimum Gasteiger partial charge on any atom is -0.352 e. The molecule has 134 valence electrons. The van der Waals surface area contributed by atoms with Gasteiger partial charge in [0.25, 0.3) is 0 Å². The molecule has 0 bridgehead atoms. The Morgan fingerprint density at radius 3 is 2.76 bits per heavy atom. The minimum absolute atomic E-state index is 0.0201. The number of likely N-dealkylation sites (tertiary alicyclic amines) is 1. The molecule has 1 aliphatic heterocycles. The summed E-state index contributed by atoms with van der Waals surface area (Å²) in [7, 11) is 2.00. The molecular formula is C19H27N5O. The summed E-state index contributed by atoms with van der Waals surface area (Å²) in [6.07, 6.45) is 4.21. The van der Waals surface area contributed by atoms with Crippen LogP contribution in [0.3, 0.4) is 0 Å². The lowest BCUT2D eigenvalue weighted by atomic mass is 10.1. The van der Waals surface area contributed by atoms with Gasteiger partial charge in [-0.15, -0.1) is 0 Å². The predicted octanol–water partition coefficient (Wildman–Crippen LogP) is 2.41. The van der Waals surface area contributed by atoms with Crippen molar-refractivity contribution in [3.8, 4) is 0 Å². The lowest BCUT2D eigenvalue weighted by Crippen LogP contribution is -2.24.